The van der Waals surface area contributed by atoms with Gasteiger partial charge in [-0.25, -0.2) is 0 Å². The fraction of sp³-hybridized carbons (Fsp3) is 0.419. The molecule has 0 saturated carbocycles. The summed E-state index contributed by atoms with van der Waals surface area (Å²) in [6, 6.07) is 8.70. The second-order valence-corrected chi connectivity index (χ2v) is 9.47. The van der Waals surface area contributed by atoms with Crippen LogP contribution in [0.5, 0.6) is 0 Å². The van der Waals surface area contributed by atoms with Gasteiger partial charge >= 0.3 is 0 Å². The molecule has 1 aromatic carbocycles. The molecule has 0 amide bonds. The van der Waals surface area contributed by atoms with Crippen molar-refractivity contribution in [3.8, 4) is 0 Å². The number of benzene rings is 1. The molecular weight excluding hydrogens is 400 g/mol. The number of likely N-dealkylation sites (N-methyl/N-ethyl adjacent to an activating group) is 1. The molecule has 33 heavy (non-hydrogen) atoms. The first kappa shape index (κ1) is 28.3. The fourth-order valence-electron chi connectivity index (χ4n) is 3.51. The monoisotopic (exact) mass is 446 g/mol. The zero-order valence-electron chi connectivity index (χ0n) is 22.9. The first-order valence-electron chi connectivity index (χ1n) is 12.2. The van der Waals surface area contributed by atoms with Crippen LogP contribution in [0.25, 0.3) is 0 Å². The zero-order chi connectivity index (χ0) is 25.1. The summed E-state index contributed by atoms with van der Waals surface area (Å²) in [7, 11) is 2.15. The van der Waals surface area contributed by atoms with Crippen LogP contribution in [-0.2, 0) is 0 Å². The highest BCUT2D eigenvalue weighted by Gasteiger charge is 2.12. The van der Waals surface area contributed by atoms with Gasteiger partial charge in [0.05, 0.1) is 0 Å². The smallest absolute Gasteiger partial charge is 0.0464 e. The third-order valence-electron chi connectivity index (χ3n) is 5.72. The lowest BCUT2D eigenvalue weighted by molar-refractivity contribution is 0.830. The number of nitrogens with zero attached hydrogens (tertiary/aromatic N) is 1. The first-order valence-corrected chi connectivity index (χ1v) is 12.2. The molecule has 1 rings (SSSR count). The van der Waals surface area contributed by atoms with E-state index in [9.17, 15) is 0 Å². The van der Waals surface area contributed by atoms with Crippen LogP contribution in [0.3, 0.4) is 0 Å². The predicted octanol–water partition coefficient (Wildman–Crippen LogP) is 9.44. The molecule has 0 aliphatic carbocycles. The summed E-state index contributed by atoms with van der Waals surface area (Å²) in [6.45, 7) is 21.7. The largest absolute Gasteiger partial charge is 0.355 e. The van der Waals surface area contributed by atoms with Crippen molar-refractivity contribution in [1.82, 2.24) is 0 Å². The Morgan fingerprint density at radius 1 is 0.758 bits per heavy atom. The van der Waals surface area contributed by atoms with Gasteiger partial charge in [-0.2, -0.15) is 0 Å². The van der Waals surface area contributed by atoms with Gasteiger partial charge < -0.3 is 10.2 Å². The Balaban J connectivity index is 3.30. The molecular formula is C31H46N2. The van der Waals surface area contributed by atoms with Crippen molar-refractivity contribution in [3.63, 3.8) is 0 Å². The lowest BCUT2D eigenvalue weighted by Gasteiger charge is -2.26. The van der Waals surface area contributed by atoms with Gasteiger partial charge in [-0.1, -0.05) is 64.2 Å². The number of nitrogens with one attached hydrogen (secondary N) is 1. The Morgan fingerprint density at radius 3 is 1.70 bits per heavy atom. The Kier molecular flexibility index (Phi) is 11.8. The molecule has 1 N–H and O–H groups in total. The predicted molar refractivity (Wildman–Crippen MR) is 151 cm³/mol. The standard InChI is InChI=1S/C31H46N2/c1-12-24(7)30(26(9)16-14-22(3)4)32-28-18-20-29(21-19-28)33(11)31(25(8)13-2)27(10)17-15-23(5)6/h12-23,32H,1-11H3/b16-14+,17-15+,24-12-,25-13-,30-26+,31-27+. The minimum Gasteiger partial charge on any atom is -0.355 e. The van der Waals surface area contributed by atoms with E-state index in [4.69, 9.17) is 0 Å². The maximum atomic E-state index is 3.65. The molecule has 1 aromatic rings. The SMILES string of the molecule is C\C=C(C)/C(Nc1ccc(N(C)C(/C(C)=C\C)=C(C)/C=C/C(C)C)cc1)=C(C)\C=C\C(C)C. The highest BCUT2D eigenvalue weighted by Crippen LogP contribution is 2.28. The van der Waals surface area contributed by atoms with Crippen LogP contribution >= 0.6 is 0 Å². The van der Waals surface area contributed by atoms with Crippen LogP contribution in [0.4, 0.5) is 11.4 Å². The van der Waals surface area contributed by atoms with Crippen LogP contribution in [-0.4, -0.2) is 7.05 Å². The minimum absolute atomic E-state index is 0.531. The molecule has 0 aromatic heterocycles. The molecule has 0 fully saturated rings. The van der Waals surface area contributed by atoms with E-state index < -0.39 is 0 Å². The van der Waals surface area contributed by atoms with Gasteiger partial charge in [0.25, 0.3) is 0 Å². The molecule has 2 nitrogen and oxygen atoms in total. The number of hydrogen-bond donors (Lipinski definition) is 1. The van der Waals surface area contributed by atoms with Crippen LogP contribution < -0.4 is 10.2 Å². The van der Waals surface area contributed by atoms with E-state index in [1.54, 1.807) is 0 Å². The summed E-state index contributed by atoms with van der Waals surface area (Å²) in [5.41, 5.74) is 9.68. The summed E-state index contributed by atoms with van der Waals surface area (Å²) in [4.78, 5) is 2.28. The van der Waals surface area contributed by atoms with Crippen LogP contribution in [0.15, 0.2) is 94.4 Å². The summed E-state index contributed by atoms with van der Waals surface area (Å²) >= 11 is 0. The van der Waals surface area contributed by atoms with E-state index in [-0.39, 0.29) is 0 Å². The molecule has 0 saturated heterocycles. The van der Waals surface area contributed by atoms with E-state index >= 15 is 0 Å². The lowest BCUT2D eigenvalue weighted by Crippen LogP contribution is -2.19. The molecule has 0 spiro atoms. The Bertz CT molecular complexity index is 945. The highest BCUT2D eigenvalue weighted by molar-refractivity contribution is 5.64. The Labute approximate surface area is 204 Å². The van der Waals surface area contributed by atoms with Gasteiger partial charge in [0, 0.05) is 29.8 Å². The van der Waals surface area contributed by atoms with E-state index in [1.165, 1.54) is 33.7 Å². The molecule has 0 atom stereocenters. The highest BCUT2D eigenvalue weighted by atomic mass is 15.1. The van der Waals surface area contributed by atoms with Gasteiger partial charge in [0.15, 0.2) is 0 Å². The molecule has 0 aliphatic heterocycles. The Morgan fingerprint density at radius 2 is 1.24 bits per heavy atom. The van der Waals surface area contributed by atoms with Crippen LogP contribution in [0, 0.1) is 11.8 Å². The minimum atomic E-state index is 0.531. The molecule has 0 radical (unpaired) electrons. The van der Waals surface area contributed by atoms with Gasteiger partial charge in [-0.05, 0) is 99.9 Å². The number of rotatable bonds is 10. The van der Waals surface area contributed by atoms with Crippen molar-refractivity contribution < 1.29 is 0 Å². The normalized spacial score (nSPS) is 14.9. The van der Waals surface area contributed by atoms with Crippen LogP contribution in [0.2, 0.25) is 0 Å². The maximum Gasteiger partial charge on any atom is 0.0464 e. The zero-order valence-corrected chi connectivity index (χ0v) is 22.9. The summed E-state index contributed by atoms with van der Waals surface area (Å²) < 4.78 is 0. The third kappa shape index (κ3) is 8.96. The Hall–Kier alpha value is -2.74. The molecule has 2 heteroatoms. The van der Waals surface area contributed by atoms with Crippen molar-refractivity contribution in [2.45, 2.75) is 69.2 Å². The van der Waals surface area contributed by atoms with E-state index in [0.717, 1.165) is 11.4 Å². The van der Waals surface area contributed by atoms with Gasteiger partial charge in [0.1, 0.15) is 0 Å². The first-order chi connectivity index (χ1) is 15.5. The average molecular weight is 447 g/mol. The molecule has 0 aliphatic rings. The summed E-state index contributed by atoms with van der Waals surface area (Å²) in [6.07, 6.45) is 13.3. The topological polar surface area (TPSA) is 15.3 Å². The second kappa shape index (κ2) is 13.7. The number of allylic oxidation sites excluding steroid dienone is 10. The van der Waals surface area contributed by atoms with Crippen molar-refractivity contribution in [2.75, 3.05) is 17.3 Å². The van der Waals surface area contributed by atoms with Crippen LogP contribution in [0.1, 0.15) is 69.2 Å². The van der Waals surface area contributed by atoms with Gasteiger partial charge in [0.2, 0.25) is 0 Å². The summed E-state index contributed by atoms with van der Waals surface area (Å²) in [5.74, 6) is 1.06. The van der Waals surface area contributed by atoms with E-state index in [0.29, 0.717) is 11.8 Å². The molecule has 0 unspecified atom stereocenters. The van der Waals surface area contributed by atoms with E-state index in [1.807, 2.05) is 0 Å². The molecule has 180 valence electrons. The number of hydrogen-bond acceptors (Lipinski definition) is 2. The van der Waals surface area contributed by atoms with Crippen molar-refractivity contribution in [1.29, 1.82) is 0 Å². The molecule has 0 heterocycles. The van der Waals surface area contributed by atoms with Gasteiger partial charge in [-0.3, -0.25) is 0 Å². The van der Waals surface area contributed by atoms with Crippen molar-refractivity contribution in [2.24, 2.45) is 11.8 Å². The van der Waals surface area contributed by atoms with Crippen molar-refractivity contribution in [3.05, 3.63) is 94.4 Å². The maximum absolute atomic E-state index is 3.65. The van der Waals surface area contributed by atoms with Gasteiger partial charge in [-0.15, -0.1) is 0 Å². The third-order valence-corrected chi connectivity index (χ3v) is 5.72. The van der Waals surface area contributed by atoms with Crippen molar-refractivity contribution >= 4 is 11.4 Å². The van der Waals surface area contributed by atoms with E-state index in [2.05, 4.69) is 147 Å². The quantitative estimate of drug-likeness (QED) is 0.360. The average Bonchev–Trinajstić information content (AvgIpc) is 2.79. The summed E-state index contributed by atoms with van der Waals surface area (Å²) in [5, 5.41) is 3.65. The number of anilines is 2. The second-order valence-electron chi connectivity index (χ2n) is 9.47. The molecule has 0 bridgehead atoms. The fourth-order valence-corrected chi connectivity index (χ4v) is 3.51. The lowest BCUT2D eigenvalue weighted by atomic mass is 10.0.